The number of methoxy groups -OCH3 is 1. The van der Waals surface area contributed by atoms with Gasteiger partial charge in [-0.1, -0.05) is 0 Å². The quantitative estimate of drug-likeness (QED) is 0.758. The summed E-state index contributed by atoms with van der Waals surface area (Å²) in [7, 11) is 1.66. The fourth-order valence-corrected chi connectivity index (χ4v) is 2.33. The lowest BCUT2D eigenvalue weighted by atomic mass is 9.99. The maximum absolute atomic E-state index is 5.39. The van der Waals surface area contributed by atoms with Crippen LogP contribution in [0, 0.1) is 6.92 Å². The maximum Gasteiger partial charge on any atom is 0.190 e. The summed E-state index contributed by atoms with van der Waals surface area (Å²) in [6.45, 7) is 4.07. The summed E-state index contributed by atoms with van der Waals surface area (Å²) in [5, 5.41) is 3.35. The summed E-state index contributed by atoms with van der Waals surface area (Å²) in [6.07, 6.45) is 1.02. The number of rotatable bonds is 2. The van der Waals surface area contributed by atoms with Crippen molar-refractivity contribution >= 4 is 0 Å². The van der Waals surface area contributed by atoms with E-state index in [0.717, 1.165) is 25.2 Å². The predicted octanol–water partition coefficient (Wildman–Crippen LogP) is 1.08. The largest absolute Gasteiger partial charge is 0.353 e. The van der Waals surface area contributed by atoms with Crippen LogP contribution in [0.15, 0.2) is 6.07 Å². The Morgan fingerprint density at radius 2 is 2.44 bits per heavy atom. The molecule has 1 fully saturated rings. The van der Waals surface area contributed by atoms with Gasteiger partial charge in [-0.3, -0.25) is 4.98 Å². The van der Waals surface area contributed by atoms with Crippen LogP contribution in [0.25, 0.3) is 0 Å². The van der Waals surface area contributed by atoms with Gasteiger partial charge in [-0.05, 0) is 37.1 Å². The van der Waals surface area contributed by atoms with E-state index in [1.54, 1.807) is 7.11 Å². The smallest absolute Gasteiger partial charge is 0.190 e. The number of nitrogens with zero attached hydrogens (tertiary/aromatic N) is 1. The molecule has 2 aliphatic rings. The molecule has 0 amide bonds. The molecule has 86 valence electrons. The highest BCUT2D eigenvalue weighted by atomic mass is 16.8. The molecule has 0 spiro atoms. The third-order valence-corrected chi connectivity index (χ3v) is 3.27. The molecule has 16 heavy (non-hydrogen) atoms. The average Bonchev–Trinajstić information content (AvgIpc) is 3.08. The van der Waals surface area contributed by atoms with Crippen molar-refractivity contribution in [3.63, 3.8) is 0 Å². The van der Waals surface area contributed by atoms with E-state index in [-0.39, 0.29) is 12.4 Å². The van der Waals surface area contributed by atoms with E-state index in [1.165, 1.54) is 16.8 Å². The molecule has 2 aliphatic heterocycles. The number of ether oxygens (including phenoxy) is 2. The molecule has 1 aromatic rings. The van der Waals surface area contributed by atoms with Gasteiger partial charge in [0.2, 0.25) is 0 Å². The zero-order valence-corrected chi connectivity index (χ0v) is 9.62. The number of pyridine rings is 1. The molecule has 1 saturated heterocycles. The highest BCUT2D eigenvalue weighted by molar-refractivity contribution is 5.35. The summed E-state index contributed by atoms with van der Waals surface area (Å²) >= 11 is 0. The van der Waals surface area contributed by atoms with E-state index >= 15 is 0 Å². The van der Waals surface area contributed by atoms with Crippen LogP contribution in [0.5, 0.6) is 0 Å². The van der Waals surface area contributed by atoms with Gasteiger partial charge in [0.25, 0.3) is 0 Å². The van der Waals surface area contributed by atoms with E-state index in [1.807, 2.05) is 0 Å². The Labute approximate surface area is 95.0 Å². The summed E-state index contributed by atoms with van der Waals surface area (Å²) in [5.74, 6) is 0. The molecule has 4 nitrogen and oxygen atoms in total. The highest BCUT2D eigenvalue weighted by Crippen LogP contribution is 2.38. The molecule has 0 aliphatic carbocycles. The average molecular weight is 220 g/mol. The van der Waals surface area contributed by atoms with E-state index in [4.69, 9.17) is 9.47 Å². The second-order valence-corrected chi connectivity index (χ2v) is 4.38. The van der Waals surface area contributed by atoms with E-state index in [0.29, 0.717) is 0 Å². The second kappa shape index (κ2) is 3.80. The van der Waals surface area contributed by atoms with Crippen molar-refractivity contribution in [1.82, 2.24) is 10.3 Å². The number of fused-ring (bicyclic) bond motifs is 1. The fourth-order valence-electron chi connectivity index (χ4n) is 2.33. The van der Waals surface area contributed by atoms with Gasteiger partial charge in [-0.15, -0.1) is 0 Å². The van der Waals surface area contributed by atoms with E-state index in [9.17, 15) is 0 Å². The minimum absolute atomic E-state index is 0.0379. The standard InChI is InChI=1S/C12H16N2O2/c1-7-5-9(11-12(15-2)16-11)14-10-6-13-4-3-8(7)10/h5,11-13H,3-4,6H2,1-2H3. The first-order chi connectivity index (χ1) is 7.79. The van der Waals surface area contributed by atoms with Crippen LogP contribution in [0.3, 0.4) is 0 Å². The minimum atomic E-state index is -0.0958. The number of epoxide rings is 1. The monoisotopic (exact) mass is 220 g/mol. The second-order valence-electron chi connectivity index (χ2n) is 4.38. The molecule has 3 heterocycles. The van der Waals surface area contributed by atoms with Crippen molar-refractivity contribution in [2.75, 3.05) is 13.7 Å². The normalized spacial score (nSPS) is 27.6. The van der Waals surface area contributed by atoms with Crippen LogP contribution in [-0.4, -0.2) is 24.9 Å². The molecule has 2 atom stereocenters. The number of hydrogen-bond donors (Lipinski definition) is 1. The Kier molecular flexibility index (Phi) is 2.42. The van der Waals surface area contributed by atoms with Gasteiger partial charge in [0.1, 0.15) is 0 Å². The van der Waals surface area contributed by atoms with Gasteiger partial charge < -0.3 is 14.8 Å². The summed E-state index contributed by atoms with van der Waals surface area (Å²) in [6, 6.07) is 2.13. The van der Waals surface area contributed by atoms with Crippen molar-refractivity contribution < 1.29 is 9.47 Å². The number of aromatic nitrogens is 1. The summed E-state index contributed by atoms with van der Waals surface area (Å²) in [5.41, 5.74) is 4.90. The Balaban J connectivity index is 1.93. The molecule has 2 unspecified atom stereocenters. The first-order valence-electron chi connectivity index (χ1n) is 5.68. The van der Waals surface area contributed by atoms with Crippen LogP contribution in [0.4, 0.5) is 0 Å². The lowest BCUT2D eigenvalue weighted by molar-refractivity contribution is 0.0950. The number of nitrogens with one attached hydrogen (secondary N) is 1. The predicted molar refractivity (Wildman–Crippen MR) is 59.0 cm³/mol. The number of aryl methyl sites for hydroxylation is 1. The summed E-state index contributed by atoms with van der Waals surface area (Å²) < 4.78 is 10.5. The van der Waals surface area contributed by atoms with E-state index < -0.39 is 0 Å². The van der Waals surface area contributed by atoms with Gasteiger partial charge in [0, 0.05) is 13.7 Å². The molecule has 0 aromatic carbocycles. The van der Waals surface area contributed by atoms with Crippen LogP contribution in [0.2, 0.25) is 0 Å². The van der Waals surface area contributed by atoms with Gasteiger partial charge in [0.05, 0.1) is 11.4 Å². The minimum Gasteiger partial charge on any atom is -0.353 e. The van der Waals surface area contributed by atoms with Crippen LogP contribution in [-0.2, 0) is 22.4 Å². The maximum atomic E-state index is 5.39. The Bertz CT molecular complexity index is 420. The van der Waals surface area contributed by atoms with Gasteiger partial charge in [-0.2, -0.15) is 0 Å². The van der Waals surface area contributed by atoms with E-state index in [2.05, 4.69) is 23.3 Å². The van der Waals surface area contributed by atoms with Crippen molar-refractivity contribution in [3.8, 4) is 0 Å². The Hall–Kier alpha value is -0.970. The molecule has 0 radical (unpaired) electrons. The molecule has 0 saturated carbocycles. The van der Waals surface area contributed by atoms with Gasteiger partial charge in [-0.25, -0.2) is 0 Å². The lowest BCUT2D eigenvalue weighted by Gasteiger charge is -2.19. The Morgan fingerprint density at radius 3 is 3.19 bits per heavy atom. The topological polar surface area (TPSA) is 46.7 Å². The van der Waals surface area contributed by atoms with Crippen molar-refractivity contribution in [2.24, 2.45) is 0 Å². The van der Waals surface area contributed by atoms with Gasteiger partial charge in [0.15, 0.2) is 12.4 Å². The van der Waals surface area contributed by atoms with Crippen LogP contribution >= 0.6 is 0 Å². The third-order valence-electron chi connectivity index (χ3n) is 3.27. The third kappa shape index (κ3) is 1.63. The highest BCUT2D eigenvalue weighted by Gasteiger charge is 2.42. The van der Waals surface area contributed by atoms with Crippen molar-refractivity contribution in [3.05, 3.63) is 28.6 Å². The molecule has 1 aromatic heterocycles. The molecule has 0 bridgehead atoms. The van der Waals surface area contributed by atoms with Crippen molar-refractivity contribution in [2.45, 2.75) is 32.3 Å². The SMILES string of the molecule is COC1OC1c1cc(C)c2c(n1)CNCC2. The Morgan fingerprint density at radius 1 is 1.56 bits per heavy atom. The first-order valence-corrected chi connectivity index (χ1v) is 5.68. The fraction of sp³-hybridized carbons (Fsp3) is 0.583. The molecule has 4 heteroatoms. The molecular formula is C12H16N2O2. The van der Waals surface area contributed by atoms with Crippen LogP contribution in [0.1, 0.15) is 28.6 Å². The van der Waals surface area contributed by atoms with Crippen molar-refractivity contribution in [1.29, 1.82) is 0 Å². The number of hydrogen-bond acceptors (Lipinski definition) is 4. The summed E-state index contributed by atoms with van der Waals surface area (Å²) in [4.78, 5) is 4.67. The molecular weight excluding hydrogens is 204 g/mol. The lowest BCUT2D eigenvalue weighted by Crippen LogP contribution is -2.26. The molecule has 1 N–H and O–H groups in total. The molecule has 3 rings (SSSR count). The zero-order chi connectivity index (χ0) is 11.1. The van der Waals surface area contributed by atoms with Gasteiger partial charge >= 0.3 is 0 Å². The van der Waals surface area contributed by atoms with Crippen LogP contribution < -0.4 is 5.32 Å². The first kappa shape index (κ1) is 10.2. The zero-order valence-electron chi connectivity index (χ0n) is 9.62.